The van der Waals surface area contributed by atoms with Crippen molar-refractivity contribution in [2.75, 3.05) is 18.5 Å². The molecular weight excluding hydrogens is 254 g/mol. The first-order chi connectivity index (χ1) is 7.63. The highest BCUT2D eigenvalue weighted by molar-refractivity contribution is 7.19. The van der Waals surface area contributed by atoms with Crippen LogP contribution in [-0.2, 0) is 9.59 Å². The Bertz CT molecular complexity index is 382. The molecule has 6 nitrogen and oxygen atoms in total. The summed E-state index contributed by atoms with van der Waals surface area (Å²) < 4.78 is 0.427. The van der Waals surface area contributed by atoms with Crippen LogP contribution in [0.5, 0.6) is 0 Å². The quantitative estimate of drug-likeness (QED) is 0.536. The van der Waals surface area contributed by atoms with Crippen LogP contribution in [0.3, 0.4) is 0 Å². The smallest absolute Gasteiger partial charge is 0.315 e. The van der Waals surface area contributed by atoms with E-state index in [1.165, 1.54) is 6.20 Å². The highest BCUT2D eigenvalue weighted by Gasteiger charge is 2.14. The molecule has 0 bridgehead atoms. The third-order valence-electron chi connectivity index (χ3n) is 1.52. The molecule has 0 radical (unpaired) electrons. The normalized spacial score (nSPS) is 9.88. The van der Waals surface area contributed by atoms with Crippen molar-refractivity contribution in [3.05, 3.63) is 10.5 Å². The Hall–Kier alpha value is -1.18. The van der Waals surface area contributed by atoms with Crippen LogP contribution in [0, 0.1) is 0 Å². The summed E-state index contributed by atoms with van der Waals surface area (Å²) in [4.78, 5) is 26.2. The van der Waals surface area contributed by atoms with Crippen LogP contribution in [0.15, 0.2) is 6.20 Å². The van der Waals surface area contributed by atoms with Crippen LogP contribution >= 0.6 is 22.9 Å². The van der Waals surface area contributed by atoms with Gasteiger partial charge in [-0.1, -0.05) is 22.9 Å². The van der Waals surface area contributed by atoms with Crippen molar-refractivity contribution in [2.24, 2.45) is 0 Å². The van der Waals surface area contributed by atoms with Gasteiger partial charge in [-0.2, -0.15) is 0 Å². The van der Waals surface area contributed by atoms with Gasteiger partial charge in [0.1, 0.15) is 4.34 Å². The molecule has 3 N–H and O–H groups in total. The number of nitrogens with zero attached hydrogens (tertiary/aromatic N) is 1. The fraction of sp³-hybridized carbons (Fsp3) is 0.375. The zero-order valence-corrected chi connectivity index (χ0v) is 9.77. The molecule has 16 heavy (non-hydrogen) atoms. The lowest BCUT2D eigenvalue weighted by molar-refractivity contribution is -0.136. The van der Waals surface area contributed by atoms with Crippen molar-refractivity contribution in [2.45, 2.75) is 6.42 Å². The molecule has 0 aliphatic heterocycles. The zero-order chi connectivity index (χ0) is 12.0. The van der Waals surface area contributed by atoms with E-state index in [1.807, 2.05) is 0 Å². The summed E-state index contributed by atoms with van der Waals surface area (Å²) in [7, 11) is 0. The summed E-state index contributed by atoms with van der Waals surface area (Å²) in [5, 5.41) is 13.4. The second kappa shape index (κ2) is 6.41. The van der Waals surface area contributed by atoms with Crippen LogP contribution < -0.4 is 10.6 Å². The van der Waals surface area contributed by atoms with Crippen LogP contribution in [0.4, 0.5) is 5.13 Å². The number of hydrogen-bond donors (Lipinski definition) is 3. The standard InChI is InChI=1S/C8H10ClN3O3S/c9-5-4-11-8(16-5)12-7(15)6(14)10-2-1-3-13/h4,13H,1-3H2,(H,10,14)(H,11,12,15). The molecule has 0 atom stereocenters. The number of amides is 2. The first-order valence-corrected chi connectivity index (χ1v) is 5.64. The molecule has 0 saturated heterocycles. The van der Waals surface area contributed by atoms with E-state index in [4.69, 9.17) is 16.7 Å². The van der Waals surface area contributed by atoms with Gasteiger partial charge in [-0.3, -0.25) is 14.9 Å². The lowest BCUT2D eigenvalue weighted by atomic mass is 10.4. The summed E-state index contributed by atoms with van der Waals surface area (Å²) in [6, 6.07) is 0. The number of hydrogen-bond acceptors (Lipinski definition) is 5. The van der Waals surface area contributed by atoms with Crippen LogP contribution in [0.1, 0.15) is 6.42 Å². The second-order valence-corrected chi connectivity index (χ2v) is 4.42. The predicted octanol–water partition coefficient (Wildman–Crippen LogP) is 0.234. The molecule has 1 heterocycles. The molecule has 0 spiro atoms. The Labute approximate surface area is 101 Å². The Balaban J connectivity index is 2.37. The highest BCUT2D eigenvalue weighted by atomic mass is 35.5. The Morgan fingerprint density at radius 3 is 2.81 bits per heavy atom. The number of carbonyl (C=O) groups excluding carboxylic acids is 2. The topological polar surface area (TPSA) is 91.3 Å². The number of halogens is 1. The van der Waals surface area contributed by atoms with E-state index in [2.05, 4.69) is 15.6 Å². The van der Waals surface area contributed by atoms with Gasteiger partial charge >= 0.3 is 11.8 Å². The van der Waals surface area contributed by atoms with E-state index >= 15 is 0 Å². The average molecular weight is 264 g/mol. The summed E-state index contributed by atoms with van der Waals surface area (Å²) in [5.41, 5.74) is 0. The molecule has 0 unspecified atom stereocenters. The maximum absolute atomic E-state index is 11.3. The van der Waals surface area contributed by atoms with Crippen LogP contribution in [0.25, 0.3) is 0 Å². The van der Waals surface area contributed by atoms with Gasteiger partial charge in [0.05, 0.1) is 6.20 Å². The summed E-state index contributed by atoms with van der Waals surface area (Å²) >= 11 is 6.67. The Morgan fingerprint density at radius 2 is 2.25 bits per heavy atom. The number of carbonyl (C=O) groups is 2. The Kier molecular flexibility index (Phi) is 5.17. The molecule has 1 aromatic rings. The van der Waals surface area contributed by atoms with E-state index in [0.29, 0.717) is 10.8 Å². The van der Waals surface area contributed by atoms with Gasteiger partial charge in [-0.25, -0.2) is 4.98 Å². The zero-order valence-electron chi connectivity index (χ0n) is 8.20. The first-order valence-electron chi connectivity index (χ1n) is 4.45. The molecule has 0 saturated carbocycles. The van der Waals surface area contributed by atoms with Crippen molar-refractivity contribution in [3.63, 3.8) is 0 Å². The van der Waals surface area contributed by atoms with Crippen molar-refractivity contribution >= 4 is 39.9 Å². The minimum atomic E-state index is -0.802. The second-order valence-electron chi connectivity index (χ2n) is 2.76. The van der Waals surface area contributed by atoms with Gasteiger partial charge in [-0.15, -0.1) is 0 Å². The number of thiazole rings is 1. The Morgan fingerprint density at radius 1 is 1.50 bits per heavy atom. The summed E-state index contributed by atoms with van der Waals surface area (Å²) in [6.07, 6.45) is 1.79. The summed E-state index contributed by atoms with van der Waals surface area (Å²) in [5.74, 6) is -1.57. The van der Waals surface area contributed by atoms with Gasteiger partial charge in [0.2, 0.25) is 0 Å². The molecule has 88 valence electrons. The van der Waals surface area contributed by atoms with E-state index in [0.717, 1.165) is 11.3 Å². The molecule has 8 heteroatoms. The molecule has 2 amide bonds. The lowest BCUT2D eigenvalue weighted by Gasteiger charge is -2.02. The number of aliphatic hydroxyl groups excluding tert-OH is 1. The largest absolute Gasteiger partial charge is 0.396 e. The number of anilines is 1. The van der Waals surface area contributed by atoms with Crippen molar-refractivity contribution in [1.29, 1.82) is 0 Å². The van der Waals surface area contributed by atoms with E-state index in [1.54, 1.807) is 0 Å². The van der Waals surface area contributed by atoms with Gasteiger partial charge in [0.15, 0.2) is 5.13 Å². The minimum Gasteiger partial charge on any atom is -0.396 e. The van der Waals surface area contributed by atoms with Crippen molar-refractivity contribution in [1.82, 2.24) is 10.3 Å². The third-order valence-corrected chi connectivity index (χ3v) is 2.55. The molecule has 1 rings (SSSR count). The average Bonchev–Trinajstić information content (AvgIpc) is 2.64. The van der Waals surface area contributed by atoms with E-state index < -0.39 is 11.8 Å². The van der Waals surface area contributed by atoms with Gasteiger partial charge in [0, 0.05) is 13.2 Å². The predicted molar refractivity (Wildman–Crippen MR) is 60.5 cm³/mol. The maximum Gasteiger partial charge on any atom is 0.315 e. The number of aromatic nitrogens is 1. The molecule has 1 aromatic heterocycles. The van der Waals surface area contributed by atoms with Crippen LogP contribution in [0.2, 0.25) is 4.34 Å². The third kappa shape index (κ3) is 4.13. The number of aliphatic hydroxyl groups is 1. The highest BCUT2D eigenvalue weighted by Crippen LogP contribution is 2.22. The number of nitrogens with one attached hydrogen (secondary N) is 2. The molecule has 0 aliphatic rings. The maximum atomic E-state index is 11.3. The minimum absolute atomic E-state index is 0.0377. The molecule has 0 fully saturated rings. The van der Waals surface area contributed by atoms with E-state index in [9.17, 15) is 9.59 Å². The van der Waals surface area contributed by atoms with E-state index in [-0.39, 0.29) is 18.3 Å². The van der Waals surface area contributed by atoms with Gasteiger partial charge < -0.3 is 10.4 Å². The SMILES string of the molecule is O=C(NCCCO)C(=O)Nc1ncc(Cl)s1. The molecule has 0 aromatic carbocycles. The van der Waals surface area contributed by atoms with Crippen molar-refractivity contribution < 1.29 is 14.7 Å². The first kappa shape index (κ1) is 12.9. The fourth-order valence-electron chi connectivity index (χ4n) is 0.827. The molecule has 0 aliphatic carbocycles. The van der Waals surface area contributed by atoms with Gasteiger partial charge in [0.25, 0.3) is 0 Å². The summed E-state index contributed by atoms with van der Waals surface area (Å²) in [6.45, 7) is 0.214. The fourth-order valence-corrected chi connectivity index (χ4v) is 1.63. The van der Waals surface area contributed by atoms with Crippen molar-refractivity contribution in [3.8, 4) is 0 Å². The monoisotopic (exact) mass is 263 g/mol. The number of rotatable bonds is 4. The molecular formula is C8H10ClN3O3S. The lowest BCUT2D eigenvalue weighted by Crippen LogP contribution is -2.36. The van der Waals surface area contributed by atoms with Gasteiger partial charge in [-0.05, 0) is 6.42 Å². The van der Waals surface area contributed by atoms with Crippen LogP contribution in [-0.4, -0.2) is 35.1 Å².